The average molecular weight is 255 g/mol. The maximum Gasteiger partial charge on any atom is 0.267 e. The number of amides is 1. The maximum atomic E-state index is 11.3. The highest BCUT2D eigenvalue weighted by molar-refractivity contribution is 6.03. The number of primary amides is 1. The first-order chi connectivity index (χ1) is 9.11. The molecule has 1 amide bonds. The van der Waals surface area contributed by atoms with Crippen molar-refractivity contribution < 1.29 is 4.79 Å². The summed E-state index contributed by atoms with van der Waals surface area (Å²) in [6.45, 7) is 4.67. The van der Waals surface area contributed by atoms with Gasteiger partial charge in [0.05, 0.1) is 16.7 Å². The van der Waals surface area contributed by atoms with Crippen molar-refractivity contribution >= 4 is 27.8 Å². The summed E-state index contributed by atoms with van der Waals surface area (Å²) in [5.74, 6) is -0.543. The Morgan fingerprint density at radius 3 is 2.89 bits per heavy atom. The Morgan fingerprint density at radius 1 is 1.42 bits per heavy atom. The van der Waals surface area contributed by atoms with Gasteiger partial charge in [0.25, 0.3) is 5.91 Å². The van der Waals surface area contributed by atoms with Crippen LogP contribution in [0.15, 0.2) is 18.3 Å². The van der Waals surface area contributed by atoms with Crippen LogP contribution in [0.1, 0.15) is 23.1 Å². The molecule has 0 saturated heterocycles. The zero-order valence-electron chi connectivity index (χ0n) is 10.7. The normalized spacial score (nSPS) is 11.3. The molecule has 3 heterocycles. The highest BCUT2D eigenvalue weighted by atomic mass is 16.1. The van der Waals surface area contributed by atoms with Crippen molar-refractivity contribution in [3.63, 3.8) is 0 Å². The molecule has 0 aliphatic heterocycles. The van der Waals surface area contributed by atoms with E-state index in [4.69, 9.17) is 5.73 Å². The number of fused-ring (bicyclic) bond motifs is 3. The lowest BCUT2D eigenvalue weighted by atomic mass is 10.2. The van der Waals surface area contributed by atoms with Crippen LogP contribution >= 0.6 is 0 Å². The zero-order valence-corrected chi connectivity index (χ0v) is 10.7. The number of hydrogen-bond acceptors (Lipinski definition) is 4. The molecule has 96 valence electrons. The summed E-state index contributed by atoms with van der Waals surface area (Å²) in [7, 11) is 0. The van der Waals surface area contributed by atoms with Crippen molar-refractivity contribution in [2.75, 3.05) is 0 Å². The standard InChI is InChI=1S/C13H13N5O/c1-3-18-12-8(7(2)17-18)6-15-9-4-5-10(13(14)19)16-11(9)12/h4-6H,3H2,1-2H3,(H2,14,19). The molecule has 0 aliphatic carbocycles. The average Bonchev–Trinajstić information content (AvgIpc) is 2.75. The molecule has 3 aromatic rings. The fourth-order valence-electron chi connectivity index (χ4n) is 2.23. The Labute approximate surface area is 109 Å². The van der Waals surface area contributed by atoms with E-state index < -0.39 is 5.91 Å². The predicted octanol–water partition coefficient (Wildman–Crippen LogP) is 1.41. The lowest BCUT2D eigenvalue weighted by molar-refractivity contribution is 0.0996. The summed E-state index contributed by atoms with van der Waals surface area (Å²) in [5, 5.41) is 5.40. The highest BCUT2D eigenvalue weighted by Gasteiger charge is 2.13. The predicted molar refractivity (Wildman–Crippen MR) is 71.8 cm³/mol. The summed E-state index contributed by atoms with van der Waals surface area (Å²) in [4.78, 5) is 19.9. The van der Waals surface area contributed by atoms with Crippen molar-refractivity contribution in [2.45, 2.75) is 20.4 Å². The molecule has 0 unspecified atom stereocenters. The number of nitrogens with two attached hydrogens (primary N) is 1. The van der Waals surface area contributed by atoms with Gasteiger partial charge in [-0.25, -0.2) is 4.98 Å². The first-order valence-corrected chi connectivity index (χ1v) is 6.04. The van der Waals surface area contributed by atoms with Crippen LogP contribution in [-0.4, -0.2) is 25.7 Å². The Bertz CT molecular complexity index is 806. The van der Waals surface area contributed by atoms with E-state index in [9.17, 15) is 4.79 Å². The van der Waals surface area contributed by atoms with E-state index >= 15 is 0 Å². The van der Waals surface area contributed by atoms with Crippen molar-refractivity contribution in [1.82, 2.24) is 19.7 Å². The summed E-state index contributed by atoms with van der Waals surface area (Å²) >= 11 is 0. The Balaban J connectivity index is 2.49. The quantitative estimate of drug-likeness (QED) is 0.750. The zero-order chi connectivity index (χ0) is 13.6. The minimum atomic E-state index is -0.543. The van der Waals surface area contributed by atoms with E-state index in [1.54, 1.807) is 18.3 Å². The van der Waals surface area contributed by atoms with E-state index in [0.717, 1.165) is 28.7 Å². The molecular weight excluding hydrogens is 242 g/mol. The second-order valence-electron chi connectivity index (χ2n) is 4.35. The molecule has 0 radical (unpaired) electrons. The Morgan fingerprint density at radius 2 is 2.21 bits per heavy atom. The summed E-state index contributed by atoms with van der Waals surface area (Å²) in [6.07, 6.45) is 1.79. The van der Waals surface area contributed by atoms with Gasteiger partial charge in [-0.15, -0.1) is 0 Å². The minimum Gasteiger partial charge on any atom is -0.364 e. The van der Waals surface area contributed by atoms with Gasteiger partial charge in [0.15, 0.2) is 0 Å². The van der Waals surface area contributed by atoms with Gasteiger partial charge in [-0.3, -0.25) is 14.5 Å². The van der Waals surface area contributed by atoms with E-state index in [1.807, 2.05) is 18.5 Å². The van der Waals surface area contributed by atoms with Crippen molar-refractivity contribution in [3.8, 4) is 0 Å². The minimum absolute atomic E-state index is 0.239. The number of pyridine rings is 2. The number of aromatic nitrogens is 4. The number of carbonyl (C=O) groups excluding carboxylic acids is 1. The first-order valence-electron chi connectivity index (χ1n) is 6.04. The molecule has 0 spiro atoms. The molecule has 0 aromatic carbocycles. The monoisotopic (exact) mass is 255 g/mol. The number of rotatable bonds is 2. The SMILES string of the molecule is CCn1nc(C)c2cnc3ccc(C(N)=O)nc3c21. The van der Waals surface area contributed by atoms with E-state index in [1.165, 1.54) is 0 Å². The lowest BCUT2D eigenvalue weighted by Crippen LogP contribution is -2.13. The molecule has 3 rings (SSSR count). The van der Waals surface area contributed by atoms with E-state index in [-0.39, 0.29) is 5.69 Å². The van der Waals surface area contributed by atoms with Gasteiger partial charge in [0.2, 0.25) is 0 Å². The van der Waals surface area contributed by atoms with Gasteiger partial charge >= 0.3 is 0 Å². The fraction of sp³-hybridized carbons (Fsp3) is 0.231. The fourth-order valence-corrected chi connectivity index (χ4v) is 2.23. The highest BCUT2D eigenvalue weighted by Crippen LogP contribution is 2.24. The van der Waals surface area contributed by atoms with Crippen molar-refractivity contribution in [1.29, 1.82) is 0 Å². The summed E-state index contributed by atoms with van der Waals surface area (Å²) in [6, 6.07) is 3.34. The molecule has 6 heteroatoms. The molecule has 0 fully saturated rings. The van der Waals surface area contributed by atoms with Gasteiger partial charge < -0.3 is 5.73 Å². The third kappa shape index (κ3) is 1.64. The Hall–Kier alpha value is -2.50. The number of carbonyl (C=O) groups is 1. The molecule has 3 aromatic heterocycles. The number of aryl methyl sites for hydroxylation is 2. The van der Waals surface area contributed by atoms with Gasteiger partial charge in [0.1, 0.15) is 11.2 Å². The van der Waals surface area contributed by atoms with Crippen LogP contribution < -0.4 is 5.73 Å². The molecule has 2 N–H and O–H groups in total. The van der Waals surface area contributed by atoms with Crippen LogP contribution in [0, 0.1) is 6.92 Å². The maximum absolute atomic E-state index is 11.3. The van der Waals surface area contributed by atoms with Gasteiger partial charge in [-0.1, -0.05) is 0 Å². The molecule has 6 nitrogen and oxygen atoms in total. The van der Waals surface area contributed by atoms with Gasteiger partial charge in [-0.05, 0) is 26.0 Å². The van der Waals surface area contributed by atoms with Gasteiger partial charge in [0, 0.05) is 18.1 Å². The first kappa shape index (κ1) is 11.6. The lowest BCUT2D eigenvalue weighted by Gasteiger charge is -2.03. The van der Waals surface area contributed by atoms with Crippen LogP contribution in [0.3, 0.4) is 0 Å². The van der Waals surface area contributed by atoms with E-state index in [0.29, 0.717) is 5.52 Å². The third-order valence-corrected chi connectivity index (χ3v) is 3.16. The van der Waals surface area contributed by atoms with Crippen LogP contribution in [-0.2, 0) is 6.54 Å². The van der Waals surface area contributed by atoms with E-state index in [2.05, 4.69) is 15.1 Å². The molecule has 0 saturated carbocycles. The topological polar surface area (TPSA) is 86.7 Å². The molecule has 0 bridgehead atoms. The molecular formula is C13H13N5O. The molecule has 0 aliphatic rings. The third-order valence-electron chi connectivity index (χ3n) is 3.16. The van der Waals surface area contributed by atoms with Crippen LogP contribution in [0.4, 0.5) is 0 Å². The van der Waals surface area contributed by atoms with Crippen molar-refractivity contribution in [3.05, 3.63) is 29.7 Å². The van der Waals surface area contributed by atoms with Crippen LogP contribution in [0.5, 0.6) is 0 Å². The summed E-state index contributed by atoms with van der Waals surface area (Å²) in [5.41, 5.74) is 8.71. The molecule has 0 atom stereocenters. The van der Waals surface area contributed by atoms with Gasteiger partial charge in [-0.2, -0.15) is 5.10 Å². The van der Waals surface area contributed by atoms with Crippen LogP contribution in [0.25, 0.3) is 21.9 Å². The smallest absolute Gasteiger partial charge is 0.267 e. The van der Waals surface area contributed by atoms with Crippen LogP contribution in [0.2, 0.25) is 0 Å². The van der Waals surface area contributed by atoms with Crippen molar-refractivity contribution in [2.24, 2.45) is 5.73 Å². The largest absolute Gasteiger partial charge is 0.364 e. The second-order valence-corrected chi connectivity index (χ2v) is 4.35. The molecule has 19 heavy (non-hydrogen) atoms. The second kappa shape index (κ2) is 4.01. The number of hydrogen-bond donors (Lipinski definition) is 1. The Kier molecular flexibility index (Phi) is 2.45. The summed E-state index contributed by atoms with van der Waals surface area (Å²) < 4.78 is 1.87. The number of nitrogens with zero attached hydrogens (tertiary/aromatic N) is 4.